The molecule has 3 aromatic rings. The number of aromatic nitrogens is 2. The van der Waals surface area contributed by atoms with Gasteiger partial charge in [0.2, 0.25) is 33.6 Å². The standard InChI is InChI=1S/C42H52N6O10S/c1-6-25-17-24(2)9-7-8-10-27-20-42(27,39(51)47-59(54,55)41(3)15-16-41)46-36(49)33-19-29(23-48(33)38(50)35(25)45-40(52)53)58-37-30-13-12-28(56-4)18-31(30)32(22-44-37)26-11-14-34(57-5)43-21-26/h8,10-14,18,21-22,24-25,27,29,33,35,45H,6-7,9,15-17,19-20,23H2,1-5H3,(H,46,49)(H,47,51)(H,52,53)/b10-8-/t24-,25-,27-,29-,33+,35+,42-/m1/s1. The van der Waals surface area contributed by atoms with E-state index < -0.39 is 68.2 Å². The molecule has 2 aromatic heterocycles. The second-order valence-corrected chi connectivity index (χ2v) is 18.8. The Labute approximate surface area is 343 Å². The first-order chi connectivity index (χ1) is 28.1. The van der Waals surface area contributed by atoms with E-state index in [4.69, 9.17) is 14.2 Å². The van der Waals surface area contributed by atoms with Gasteiger partial charge in [-0.05, 0) is 81.5 Å². The number of nitrogens with zero attached hydrogens (tertiary/aromatic N) is 3. The maximum Gasteiger partial charge on any atom is 0.405 e. The van der Waals surface area contributed by atoms with Gasteiger partial charge in [-0.15, -0.1) is 0 Å². The van der Waals surface area contributed by atoms with Crippen LogP contribution in [0.25, 0.3) is 21.9 Å². The lowest BCUT2D eigenvalue weighted by atomic mass is 9.85. The molecule has 3 fully saturated rings. The van der Waals surface area contributed by atoms with Crippen LogP contribution < -0.4 is 29.6 Å². The molecule has 59 heavy (non-hydrogen) atoms. The van der Waals surface area contributed by atoms with Gasteiger partial charge in [-0.3, -0.25) is 19.1 Å². The van der Waals surface area contributed by atoms with Gasteiger partial charge in [-0.25, -0.2) is 23.2 Å². The highest BCUT2D eigenvalue weighted by molar-refractivity contribution is 7.91. The molecule has 7 rings (SSSR count). The Morgan fingerprint density at radius 3 is 2.49 bits per heavy atom. The molecule has 0 bridgehead atoms. The molecular weight excluding hydrogens is 781 g/mol. The normalized spacial score (nSPS) is 28.5. The summed E-state index contributed by atoms with van der Waals surface area (Å²) in [7, 11) is -0.934. The highest BCUT2D eigenvalue weighted by Crippen LogP contribution is 2.48. The fourth-order valence-corrected chi connectivity index (χ4v) is 9.72. The molecule has 2 aliphatic heterocycles. The second-order valence-electron chi connectivity index (χ2n) is 16.6. The van der Waals surface area contributed by atoms with E-state index in [1.54, 1.807) is 38.6 Å². The summed E-state index contributed by atoms with van der Waals surface area (Å²) in [4.78, 5) is 65.8. The number of amides is 4. The molecule has 0 radical (unpaired) electrons. The maximum absolute atomic E-state index is 14.7. The molecule has 1 saturated heterocycles. The number of methoxy groups -OCH3 is 2. The molecule has 17 heteroatoms. The van der Waals surface area contributed by atoms with Crippen LogP contribution in [0.1, 0.15) is 72.1 Å². The first-order valence-corrected chi connectivity index (χ1v) is 21.6. The SMILES string of the molecule is CC[C@@H]1C[C@H](C)CC/C=C\[C@@H]2C[C@@]2(C(=O)NS(=O)(=O)C2(C)CC2)NC(=O)[C@@H]2C[C@@H](Oc3ncc(-c4ccc(OC)nc4)c4cc(OC)ccc34)CN2C(=O)[C@H]1NC(=O)O. The van der Waals surface area contributed by atoms with Gasteiger partial charge < -0.3 is 34.9 Å². The van der Waals surface area contributed by atoms with Gasteiger partial charge in [0, 0.05) is 52.7 Å². The van der Waals surface area contributed by atoms with Gasteiger partial charge in [0.1, 0.15) is 29.5 Å². The zero-order valence-corrected chi connectivity index (χ0v) is 34.7. The first-order valence-electron chi connectivity index (χ1n) is 20.1. The summed E-state index contributed by atoms with van der Waals surface area (Å²) in [6.45, 7) is 5.43. The van der Waals surface area contributed by atoms with Crippen molar-refractivity contribution in [1.82, 2.24) is 30.2 Å². The highest BCUT2D eigenvalue weighted by Gasteiger charge is 2.63. The van der Waals surface area contributed by atoms with Crippen LogP contribution in [0.2, 0.25) is 0 Å². The predicted molar refractivity (Wildman–Crippen MR) is 217 cm³/mol. The van der Waals surface area contributed by atoms with Crippen molar-refractivity contribution in [3.05, 3.63) is 54.9 Å². The lowest BCUT2D eigenvalue weighted by molar-refractivity contribution is -0.142. The summed E-state index contributed by atoms with van der Waals surface area (Å²) >= 11 is 0. The zero-order chi connectivity index (χ0) is 42.3. The van der Waals surface area contributed by atoms with E-state index in [1.807, 2.05) is 44.2 Å². The molecular formula is C42H52N6O10S. The molecule has 316 valence electrons. The number of sulfonamides is 1. The van der Waals surface area contributed by atoms with Gasteiger partial charge in [0.05, 0.1) is 25.5 Å². The zero-order valence-electron chi connectivity index (χ0n) is 33.9. The molecule has 0 unspecified atom stereocenters. The van der Waals surface area contributed by atoms with Crippen molar-refractivity contribution in [2.24, 2.45) is 17.8 Å². The number of allylic oxidation sites excluding steroid dienone is 1. The van der Waals surface area contributed by atoms with Crippen LogP contribution >= 0.6 is 0 Å². The van der Waals surface area contributed by atoms with Crippen molar-refractivity contribution in [3.63, 3.8) is 0 Å². The van der Waals surface area contributed by atoms with E-state index >= 15 is 0 Å². The number of carbonyl (C=O) groups excluding carboxylic acids is 3. The number of hydrogen-bond acceptors (Lipinski definition) is 11. The molecule has 4 amide bonds. The molecule has 1 aromatic carbocycles. The fourth-order valence-electron chi connectivity index (χ4n) is 8.41. The number of fused-ring (bicyclic) bond motifs is 3. The molecule has 2 aliphatic carbocycles. The Balaban J connectivity index is 1.24. The lowest BCUT2D eigenvalue weighted by Gasteiger charge is -2.33. The number of ether oxygens (including phenoxy) is 3. The van der Waals surface area contributed by atoms with Gasteiger partial charge >= 0.3 is 6.09 Å². The first kappa shape index (κ1) is 41.7. The van der Waals surface area contributed by atoms with Crippen LogP contribution in [0.4, 0.5) is 4.79 Å². The molecule has 16 nitrogen and oxygen atoms in total. The predicted octanol–water partition coefficient (Wildman–Crippen LogP) is 4.57. The summed E-state index contributed by atoms with van der Waals surface area (Å²) in [6, 6.07) is 6.65. The number of pyridine rings is 2. The number of hydrogen-bond donors (Lipinski definition) is 4. The number of carbonyl (C=O) groups is 4. The van der Waals surface area contributed by atoms with E-state index in [1.165, 1.54) is 12.0 Å². The van der Waals surface area contributed by atoms with Crippen LogP contribution in [0.15, 0.2) is 54.9 Å². The third-order valence-electron chi connectivity index (χ3n) is 12.5. The minimum Gasteiger partial charge on any atom is -0.497 e. The fraction of sp³-hybridized carbons (Fsp3) is 0.524. The smallest absolute Gasteiger partial charge is 0.405 e. The largest absolute Gasteiger partial charge is 0.497 e. The number of nitrogens with one attached hydrogen (secondary N) is 3. The number of benzene rings is 1. The molecule has 4 aliphatic rings. The summed E-state index contributed by atoms with van der Waals surface area (Å²) in [6.07, 6.45) is 8.33. The second kappa shape index (κ2) is 16.3. The summed E-state index contributed by atoms with van der Waals surface area (Å²) < 4.78 is 45.0. The Hall–Kier alpha value is -5.45. The highest BCUT2D eigenvalue weighted by atomic mass is 32.2. The van der Waals surface area contributed by atoms with Crippen molar-refractivity contribution in [3.8, 4) is 28.6 Å². The van der Waals surface area contributed by atoms with Crippen LogP contribution in [-0.2, 0) is 24.4 Å². The number of rotatable bonds is 10. The van der Waals surface area contributed by atoms with Gasteiger partial charge in [0.25, 0.3) is 5.91 Å². The van der Waals surface area contributed by atoms with E-state index in [0.29, 0.717) is 49.1 Å². The average Bonchev–Trinajstić information content (AvgIpc) is 4.10. The van der Waals surface area contributed by atoms with Crippen LogP contribution in [0, 0.1) is 17.8 Å². The van der Waals surface area contributed by atoms with E-state index in [0.717, 1.165) is 22.9 Å². The van der Waals surface area contributed by atoms with E-state index in [9.17, 15) is 32.7 Å². The lowest BCUT2D eigenvalue weighted by Crippen LogP contribution is -2.59. The molecule has 2 saturated carbocycles. The van der Waals surface area contributed by atoms with Crippen molar-refractivity contribution in [2.45, 2.75) is 101 Å². The molecule has 0 spiro atoms. The minimum atomic E-state index is -4.03. The quantitative estimate of drug-likeness (QED) is 0.207. The van der Waals surface area contributed by atoms with Crippen LogP contribution in [0.3, 0.4) is 0 Å². The van der Waals surface area contributed by atoms with Gasteiger partial charge in [-0.1, -0.05) is 32.4 Å². The minimum absolute atomic E-state index is 0.0252. The third kappa shape index (κ3) is 8.38. The Morgan fingerprint density at radius 2 is 1.83 bits per heavy atom. The molecule has 7 atom stereocenters. The molecule has 4 N–H and O–H groups in total. The topological polar surface area (TPSA) is 215 Å². The van der Waals surface area contributed by atoms with Gasteiger partial charge in [-0.2, -0.15) is 0 Å². The van der Waals surface area contributed by atoms with Crippen molar-refractivity contribution in [2.75, 3.05) is 20.8 Å². The van der Waals surface area contributed by atoms with Crippen LogP contribution in [0.5, 0.6) is 17.5 Å². The Bertz CT molecular complexity index is 2260. The van der Waals surface area contributed by atoms with Gasteiger partial charge in [0.15, 0.2) is 0 Å². The van der Waals surface area contributed by atoms with Crippen LogP contribution in [-0.4, -0.2) is 101 Å². The molecule has 4 heterocycles. The monoisotopic (exact) mass is 832 g/mol. The maximum atomic E-state index is 14.7. The summed E-state index contributed by atoms with van der Waals surface area (Å²) in [5, 5.41) is 16.7. The van der Waals surface area contributed by atoms with Crippen molar-refractivity contribution >= 4 is 44.6 Å². The van der Waals surface area contributed by atoms with Crippen molar-refractivity contribution < 1.29 is 46.9 Å². The third-order valence-corrected chi connectivity index (χ3v) is 14.6. The van der Waals surface area contributed by atoms with Crippen molar-refractivity contribution in [1.29, 1.82) is 0 Å². The number of carboxylic acid groups (broad SMARTS) is 1. The Morgan fingerprint density at radius 1 is 1.05 bits per heavy atom. The summed E-state index contributed by atoms with van der Waals surface area (Å²) in [5.41, 5.74) is -0.0650. The Kier molecular flexibility index (Phi) is 11.5. The average molecular weight is 833 g/mol. The van der Waals surface area contributed by atoms with E-state index in [2.05, 4.69) is 25.3 Å². The van der Waals surface area contributed by atoms with E-state index in [-0.39, 0.29) is 37.1 Å². The summed E-state index contributed by atoms with van der Waals surface area (Å²) in [5.74, 6) is -1.59.